The van der Waals surface area contributed by atoms with E-state index in [-0.39, 0.29) is 0 Å². The number of aliphatic hydroxyl groups is 1. The van der Waals surface area contributed by atoms with E-state index in [0.29, 0.717) is 12.9 Å². The standard InChI is InChI=1S/C13H19INO.CH4O3S/c14-13-5-3-4-12(10-13)11-15(8-9-16)6-1-2-7-15;1-5(2,3)4/h3-5,10,16H,1-2,6-9,11H2;1H3,(H,2,3,4)/q+1;/p-1. The van der Waals surface area contributed by atoms with Crippen LogP contribution >= 0.6 is 22.6 Å². The highest BCUT2D eigenvalue weighted by Gasteiger charge is 2.31. The van der Waals surface area contributed by atoms with Crippen LogP contribution in [0.15, 0.2) is 24.3 Å². The molecule has 1 aliphatic heterocycles. The van der Waals surface area contributed by atoms with Crippen molar-refractivity contribution in [1.82, 2.24) is 0 Å². The van der Waals surface area contributed by atoms with Gasteiger partial charge in [0.1, 0.15) is 13.1 Å². The van der Waals surface area contributed by atoms with E-state index >= 15 is 0 Å². The van der Waals surface area contributed by atoms with Crippen LogP contribution in [0, 0.1) is 3.57 Å². The number of quaternary nitrogens is 1. The van der Waals surface area contributed by atoms with Crippen LogP contribution in [0.25, 0.3) is 0 Å². The Morgan fingerprint density at radius 3 is 2.38 bits per heavy atom. The second kappa shape index (κ2) is 8.42. The number of hydrogen-bond donors (Lipinski definition) is 1. The second-order valence-electron chi connectivity index (χ2n) is 5.44. The Hall–Kier alpha value is -0.220. The highest BCUT2D eigenvalue weighted by Crippen LogP contribution is 2.23. The lowest BCUT2D eigenvalue weighted by Gasteiger charge is -2.33. The summed E-state index contributed by atoms with van der Waals surface area (Å²) < 4.78 is 29.6. The van der Waals surface area contributed by atoms with Gasteiger partial charge in [-0.3, -0.25) is 0 Å². The number of benzene rings is 1. The van der Waals surface area contributed by atoms with E-state index in [9.17, 15) is 5.11 Å². The van der Waals surface area contributed by atoms with Crippen molar-refractivity contribution < 1.29 is 22.6 Å². The monoisotopic (exact) mass is 427 g/mol. The van der Waals surface area contributed by atoms with Gasteiger partial charge in [-0.2, -0.15) is 0 Å². The van der Waals surface area contributed by atoms with Crippen molar-refractivity contribution in [2.24, 2.45) is 0 Å². The van der Waals surface area contributed by atoms with Gasteiger partial charge < -0.3 is 14.1 Å². The number of rotatable bonds is 4. The van der Waals surface area contributed by atoms with E-state index in [2.05, 4.69) is 46.9 Å². The largest absolute Gasteiger partial charge is 0.748 e. The third kappa shape index (κ3) is 8.10. The molecule has 0 saturated carbocycles. The number of nitrogens with zero attached hydrogens (tertiary/aromatic N) is 1. The topological polar surface area (TPSA) is 77.4 Å². The zero-order chi connectivity index (χ0) is 15.9. The van der Waals surface area contributed by atoms with Crippen molar-refractivity contribution in [2.45, 2.75) is 19.4 Å². The minimum absolute atomic E-state index is 0.309. The summed E-state index contributed by atoms with van der Waals surface area (Å²) >= 11 is 2.36. The molecule has 21 heavy (non-hydrogen) atoms. The zero-order valence-corrected chi connectivity index (χ0v) is 15.1. The molecule has 7 heteroatoms. The lowest BCUT2D eigenvalue weighted by molar-refractivity contribution is -0.930. The van der Waals surface area contributed by atoms with E-state index < -0.39 is 10.1 Å². The van der Waals surface area contributed by atoms with E-state index in [1.54, 1.807) is 0 Å². The van der Waals surface area contributed by atoms with Crippen molar-refractivity contribution >= 4 is 32.7 Å². The molecule has 2 rings (SSSR count). The minimum atomic E-state index is -3.92. The molecule has 5 nitrogen and oxygen atoms in total. The molecule has 0 spiro atoms. The zero-order valence-electron chi connectivity index (χ0n) is 12.2. The molecule has 1 aromatic rings. The van der Waals surface area contributed by atoms with Gasteiger partial charge in [0.2, 0.25) is 0 Å². The first-order chi connectivity index (χ1) is 9.74. The molecule has 0 amide bonds. The summed E-state index contributed by atoms with van der Waals surface area (Å²) in [4.78, 5) is 0. The van der Waals surface area contributed by atoms with Crippen molar-refractivity contribution in [3.8, 4) is 0 Å². The molecule has 1 aromatic carbocycles. The first-order valence-electron chi connectivity index (χ1n) is 6.85. The number of likely N-dealkylation sites (tertiary alicyclic amines) is 1. The van der Waals surface area contributed by atoms with Crippen LogP contribution in [-0.2, 0) is 16.7 Å². The Kier molecular flexibility index (Phi) is 7.55. The van der Waals surface area contributed by atoms with Crippen LogP contribution in [0.2, 0.25) is 0 Å². The summed E-state index contributed by atoms with van der Waals surface area (Å²) in [5, 5.41) is 9.21. The minimum Gasteiger partial charge on any atom is -0.748 e. The Morgan fingerprint density at radius 1 is 1.33 bits per heavy atom. The third-order valence-electron chi connectivity index (χ3n) is 3.50. The van der Waals surface area contributed by atoms with Gasteiger partial charge in [0.05, 0.1) is 29.8 Å². The molecule has 1 heterocycles. The quantitative estimate of drug-likeness (QED) is 0.450. The SMILES string of the molecule is CS(=O)(=O)[O-].OCC[N+]1(Cc2cccc(I)c2)CCCC1. The van der Waals surface area contributed by atoms with Crippen LogP contribution in [0.1, 0.15) is 18.4 Å². The number of aliphatic hydroxyl groups excluding tert-OH is 1. The number of hydrogen-bond acceptors (Lipinski definition) is 4. The molecule has 1 fully saturated rings. The smallest absolute Gasteiger partial charge is 0.104 e. The average Bonchev–Trinajstić information content (AvgIpc) is 2.76. The fourth-order valence-corrected chi connectivity index (χ4v) is 3.31. The Labute approximate surface area is 140 Å². The molecule has 0 aromatic heterocycles. The van der Waals surface area contributed by atoms with Gasteiger partial charge in [-0.05, 0) is 34.7 Å². The fraction of sp³-hybridized carbons (Fsp3) is 0.571. The summed E-state index contributed by atoms with van der Waals surface area (Å²) in [6.07, 6.45) is 3.22. The van der Waals surface area contributed by atoms with E-state index in [1.165, 1.54) is 35.1 Å². The molecule has 0 atom stereocenters. The molecule has 0 unspecified atom stereocenters. The van der Waals surface area contributed by atoms with Crippen LogP contribution in [-0.4, -0.2) is 55.1 Å². The van der Waals surface area contributed by atoms with E-state index in [4.69, 9.17) is 13.0 Å². The van der Waals surface area contributed by atoms with Gasteiger partial charge in [-0.25, -0.2) is 8.42 Å². The predicted octanol–water partition coefficient (Wildman–Crippen LogP) is 1.56. The summed E-state index contributed by atoms with van der Waals surface area (Å²) in [7, 11) is -3.92. The van der Waals surface area contributed by atoms with Crippen LogP contribution in [0.4, 0.5) is 0 Å². The molecule has 0 bridgehead atoms. The van der Waals surface area contributed by atoms with Gasteiger partial charge in [-0.1, -0.05) is 12.1 Å². The van der Waals surface area contributed by atoms with Crippen molar-refractivity contribution in [1.29, 1.82) is 0 Å². The molecule has 1 saturated heterocycles. The average molecular weight is 427 g/mol. The Bertz CT molecular complexity index is 534. The molecule has 120 valence electrons. The van der Waals surface area contributed by atoms with Crippen molar-refractivity contribution in [2.75, 3.05) is 32.5 Å². The van der Waals surface area contributed by atoms with E-state index in [1.807, 2.05) is 0 Å². The highest BCUT2D eigenvalue weighted by atomic mass is 127. The lowest BCUT2D eigenvalue weighted by Crippen LogP contribution is -2.46. The first-order valence-corrected chi connectivity index (χ1v) is 9.75. The maximum atomic E-state index is 9.21. The second-order valence-corrected chi connectivity index (χ2v) is 8.09. The van der Waals surface area contributed by atoms with Crippen molar-refractivity contribution in [3.05, 3.63) is 33.4 Å². The summed E-state index contributed by atoms with van der Waals surface area (Å²) in [6.45, 7) is 4.75. The van der Waals surface area contributed by atoms with E-state index in [0.717, 1.165) is 17.6 Å². The molecular formula is C14H22INO4S. The predicted molar refractivity (Wildman–Crippen MR) is 89.7 cm³/mol. The summed E-state index contributed by atoms with van der Waals surface area (Å²) in [6, 6.07) is 8.72. The molecule has 1 aliphatic rings. The van der Waals surface area contributed by atoms with Crippen molar-refractivity contribution in [3.63, 3.8) is 0 Å². The number of halogens is 1. The normalized spacial score (nSPS) is 17.1. The van der Waals surface area contributed by atoms with Gasteiger partial charge >= 0.3 is 0 Å². The molecule has 0 radical (unpaired) electrons. The maximum Gasteiger partial charge on any atom is 0.104 e. The van der Waals surface area contributed by atoms with Crippen LogP contribution in [0.3, 0.4) is 0 Å². The Balaban J connectivity index is 0.000000383. The van der Waals surface area contributed by atoms with Gasteiger partial charge in [0, 0.05) is 28.2 Å². The van der Waals surface area contributed by atoms with Gasteiger partial charge in [0.15, 0.2) is 0 Å². The summed E-state index contributed by atoms with van der Waals surface area (Å²) in [5.74, 6) is 0. The van der Waals surface area contributed by atoms with Gasteiger partial charge in [0.25, 0.3) is 0 Å². The van der Waals surface area contributed by atoms with Crippen LogP contribution in [0.5, 0.6) is 0 Å². The molecular weight excluding hydrogens is 405 g/mol. The van der Waals surface area contributed by atoms with Gasteiger partial charge in [-0.15, -0.1) is 0 Å². The fourth-order valence-electron chi connectivity index (χ4n) is 2.70. The summed E-state index contributed by atoms with van der Waals surface area (Å²) in [5.41, 5.74) is 1.40. The lowest BCUT2D eigenvalue weighted by atomic mass is 10.2. The third-order valence-corrected chi connectivity index (χ3v) is 4.17. The Morgan fingerprint density at radius 2 is 1.90 bits per heavy atom. The first kappa shape index (κ1) is 18.8. The molecule has 0 aliphatic carbocycles. The maximum absolute atomic E-state index is 9.21. The molecule has 1 N–H and O–H groups in total. The highest BCUT2D eigenvalue weighted by molar-refractivity contribution is 14.1. The van der Waals surface area contributed by atoms with Crippen LogP contribution < -0.4 is 0 Å².